The first-order chi connectivity index (χ1) is 8.16. The third-order valence-corrected chi connectivity index (χ3v) is 2.85. The van der Waals surface area contributed by atoms with Crippen molar-refractivity contribution < 1.29 is 13.6 Å². The highest BCUT2D eigenvalue weighted by atomic mass is 35.5. The highest BCUT2D eigenvalue weighted by Gasteiger charge is 2.18. The summed E-state index contributed by atoms with van der Waals surface area (Å²) in [6, 6.07) is 2.92. The Balaban J connectivity index is 0.00000162. The monoisotopic (exact) mass is 276 g/mol. The molecule has 0 atom stereocenters. The molecule has 1 aliphatic rings. The Hall–Kier alpha value is -1.20. The smallest absolute Gasteiger partial charge is 0.254 e. The van der Waals surface area contributed by atoms with Crippen molar-refractivity contribution >= 4 is 18.3 Å². The zero-order valence-electron chi connectivity index (χ0n) is 9.71. The van der Waals surface area contributed by atoms with Gasteiger partial charge in [0.1, 0.15) is 11.6 Å². The van der Waals surface area contributed by atoms with Crippen LogP contribution in [0.25, 0.3) is 0 Å². The van der Waals surface area contributed by atoms with Gasteiger partial charge >= 0.3 is 0 Å². The maximum atomic E-state index is 13.3. The number of carbonyl (C=O) groups excluding carboxylic acids is 1. The maximum Gasteiger partial charge on any atom is 0.254 e. The Labute approximate surface area is 110 Å². The molecule has 1 aromatic rings. The predicted octanol–water partition coefficient (Wildman–Crippen LogP) is 1.87. The van der Waals surface area contributed by atoms with Crippen LogP contribution < -0.4 is 10.6 Å². The fourth-order valence-electron chi connectivity index (χ4n) is 1.90. The van der Waals surface area contributed by atoms with Gasteiger partial charge in [-0.25, -0.2) is 8.78 Å². The summed E-state index contributed by atoms with van der Waals surface area (Å²) in [5, 5.41) is 5.88. The van der Waals surface area contributed by atoms with Crippen LogP contribution in [-0.4, -0.2) is 25.0 Å². The van der Waals surface area contributed by atoms with Gasteiger partial charge in [-0.05, 0) is 44.1 Å². The summed E-state index contributed by atoms with van der Waals surface area (Å²) in [4.78, 5) is 11.7. The summed E-state index contributed by atoms with van der Waals surface area (Å²) in [5.74, 6) is -1.85. The van der Waals surface area contributed by atoms with Gasteiger partial charge < -0.3 is 10.6 Å². The van der Waals surface area contributed by atoms with Crippen LogP contribution in [0.5, 0.6) is 0 Å². The largest absolute Gasteiger partial charge is 0.349 e. The molecule has 0 spiro atoms. The maximum absolute atomic E-state index is 13.3. The molecule has 2 rings (SSSR count). The van der Waals surface area contributed by atoms with Crippen LogP contribution >= 0.6 is 12.4 Å². The van der Waals surface area contributed by atoms with Gasteiger partial charge in [0.25, 0.3) is 5.91 Å². The zero-order chi connectivity index (χ0) is 12.3. The molecule has 6 heteroatoms. The summed E-state index contributed by atoms with van der Waals surface area (Å²) in [5.41, 5.74) is -0.233. The highest BCUT2D eigenvalue weighted by Crippen LogP contribution is 2.11. The van der Waals surface area contributed by atoms with Crippen molar-refractivity contribution in [2.75, 3.05) is 13.1 Å². The van der Waals surface area contributed by atoms with Gasteiger partial charge in [0.05, 0.1) is 5.56 Å². The molecule has 1 aromatic carbocycles. The minimum atomic E-state index is -0.696. The van der Waals surface area contributed by atoms with Crippen LogP contribution in [0.15, 0.2) is 18.2 Å². The third-order valence-electron chi connectivity index (χ3n) is 2.85. The van der Waals surface area contributed by atoms with Gasteiger partial charge in [0.15, 0.2) is 0 Å². The second-order valence-corrected chi connectivity index (χ2v) is 4.12. The molecule has 0 unspecified atom stereocenters. The van der Waals surface area contributed by atoms with Crippen LogP contribution in [0, 0.1) is 11.6 Å². The normalized spacial score (nSPS) is 15.9. The first-order valence-electron chi connectivity index (χ1n) is 5.63. The van der Waals surface area contributed by atoms with Crippen molar-refractivity contribution in [1.29, 1.82) is 0 Å². The van der Waals surface area contributed by atoms with E-state index in [0.29, 0.717) is 0 Å². The van der Waals surface area contributed by atoms with E-state index in [2.05, 4.69) is 10.6 Å². The van der Waals surface area contributed by atoms with E-state index in [4.69, 9.17) is 0 Å². The van der Waals surface area contributed by atoms with E-state index < -0.39 is 17.5 Å². The van der Waals surface area contributed by atoms with Crippen molar-refractivity contribution in [2.45, 2.75) is 18.9 Å². The standard InChI is InChI=1S/C12H14F2N2O.ClH/c13-8-1-2-11(14)10(7-8)12(17)16-9-3-5-15-6-4-9;/h1-2,7,9,15H,3-6H2,(H,16,17);1H. The molecule has 0 radical (unpaired) electrons. The Kier molecular flexibility index (Phi) is 5.50. The molecule has 0 bridgehead atoms. The molecule has 100 valence electrons. The summed E-state index contributed by atoms with van der Waals surface area (Å²) < 4.78 is 26.3. The average Bonchev–Trinajstić information content (AvgIpc) is 2.33. The van der Waals surface area contributed by atoms with Crippen LogP contribution in [0.1, 0.15) is 23.2 Å². The van der Waals surface area contributed by atoms with Crippen LogP contribution in [0.4, 0.5) is 8.78 Å². The minimum Gasteiger partial charge on any atom is -0.349 e. The Morgan fingerprint density at radius 2 is 1.94 bits per heavy atom. The fraction of sp³-hybridized carbons (Fsp3) is 0.417. The molecule has 18 heavy (non-hydrogen) atoms. The van der Waals surface area contributed by atoms with E-state index in [1.165, 1.54) is 0 Å². The number of hydrogen-bond donors (Lipinski definition) is 2. The van der Waals surface area contributed by atoms with E-state index in [1.807, 2.05) is 0 Å². The summed E-state index contributed by atoms with van der Waals surface area (Å²) in [6.45, 7) is 1.66. The average molecular weight is 277 g/mol. The molecule has 2 N–H and O–H groups in total. The van der Waals surface area contributed by atoms with Crippen LogP contribution in [0.2, 0.25) is 0 Å². The van der Waals surface area contributed by atoms with E-state index in [9.17, 15) is 13.6 Å². The van der Waals surface area contributed by atoms with E-state index >= 15 is 0 Å². The Morgan fingerprint density at radius 3 is 2.61 bits per heavy atom. The van der Waals surface area contributed by atoms with Gasteiger partial charge in [0.2, 0.25) is 0 Å². The molecule has 0 aromatic heterocycles. The van der Waals surface area contributed by atoms with Crippen LogP contribution in [-0.2, 0) is 0 Å². The number of piperidine rings is 1. The Morgan fingerprint density at radius 1 is 1.28 bits per heavy atom. The van der Waals surface area contributed by atoms with Crippen molar-refractivity contribution in [2.24, 2.45) is 0 Å². The summed E-state index contributed by atoms with van der Waals surface area (Å²) in [6.07, 6.45) is 1.62. The number of benzene rings is 1. The molecule has 3 nitrogen and oxygen atoms in total. The molecule has 1 aliphatic heterocycles. The molecule has 1 amide bonds. The molecule has 1 saturated heterocycles. The first-order valence-corrected chi connectivity index (χ1v) is 5.63. The number of halogens is 3. The predicted molar refractivity (Wildman–Crippen MR) is 67.0 cm³/mol. The number of amides is 1. The SMILES string of the molecule is Cl.O=C(NC1CCNCC1)c1cc(F)ccc1F. The molecule has 0 saturated carbocycles. The molecular formula is C12H15ClF2N2O. The lowest BCUT2D eigenvalue weighted by Crippen LogP contribution is -2.42. The lowest BCUT2D eigenvalue weighted by molar-refractivity contribution is 0.0925. The minimum absolute atomic E-state index is 0. The van der Waals surface area contributed by atoms with Gasteiger partial charge in [0, 0.05) is 6.04 Å². The van der Waals surface area contributed by atoms with Crippen LogP contribution in [0.3, 0.4) is 0 Å². The Bertz CT molecular complexity index is 423. The second kappa shape index (κ2) is 6.66. The number of carbonyl (C=O) groups is 1. The molecule has 1 heterocycles. The molecule has 0 aliphatic carbocycles. The van der Waals surface area contributed by atoms with E-state index in [1.54, 1.807) is 0 Å². The topological polar surface area (TPSA) is 41.1 Å². The van der Waals surface area contributed by atoms with Crippen molar-refractivity contribution in [3.05, 3.63) is 35.4 Å². The third kappa shape index (κ3) is 3.65. The first kappa shape index (κ1) is 14.9. The number of nitrogens with one attached hydrogen (secondary N) is 2. The lowest BCUT2D eigenvalue weighted by Gasteiger charge is -2.23. The van der Waals surface area contributed by atoms with Gasteiger partial charge in [-0.3, -0.25) is 4.79 Å². The number of hydrogen-bond acceptors (Lipinski definition) is 2. The van der Waals surface area contributed by atoms with Crippen molar-refractivity contribution in [3.63, 3.8) is 0 Å². The van der Waals surface area contributed by atoms with E-state index in [-0.39, 0.29) is 24.0 Å². The highest BCUT2D eigenvalue weighted by molar-refractivity contribution is 5.94. The quantitative estimate of drug-likeness (QED) is 0.866. The van der Waals surface area contributed by atoms with Crippen molar-refractivity contribution in [1.82, 2.24) is 10.6 Å². The van der Waals surface area contributed by atoms with Gasteiger partial charge in [-0.15, -0.1) is 12.4 Å². The number of rotatable bonds is 2. The molecular weight excluding hydrogens is 262 g/mol. The fourth-order valence-corrected chi connectivity index (χ4v) is 1.90. The zero-order valence-corrected chi connectivity index (χ0v) is 10.5. The lowest BCUT2D eigenvalue weighted by atomic mass is 10.1. The summed E-state index contributed by atoms with van der Waals surface area (Å²) in [7, 11) is 0. The summed E-state index contributed by atoms with van der Waals surface area (Å²) >= 11 is 0. The molecule has 1 fully saturated rings. The van der Waals surface area contributed by atoms with Gasteiger partial charge in [-0.2, -0.15) is 0 Å². The van der Waals surface area contributed by atoms with E-state index in [0.717, 1.165) is 44.1 Å². The van der Waals surface area contributed by atoms with Crippen molar-refractivity contribution in [3.8, 4) is 0 Å². The van der Waals surface area contributed by atoms with Gasteiger partial charge in [-0.1, -0.05) is 0 Å². The second-order valence-electron chi connectivity index (χ2n) is 4.12.